The number of nitrogens with one attached hydrogen (secondary N) is 2. The molecule has 0 aliphatic heterocycles. The fourth-order valence-electron chi connectivity index (χ4n) is 2.00. The fraction of sp³-hybridized carbons (Fsp3) is 0.308. The van der Waals surface area contributed by atoms with Crippen LogP contribution in [0.25, 0.3) is 0 Å². The largest absolute Gasteiger partial charge is 0.480 e. The predicted octanol–water partition coefficient (Wildman–Crippen LogP) is 2.88. The Kier molecular flexibility index (Phi) is 4.86. The van der Waals surface area contributed by atoms with Crippen molar-refractivity contribution in [1.82, 2.24) is 14.8 Å². The molecule has 0 atom stereocenters. The lowest BCUT2D eigenvalue weighted by Crippen LogP contribution is -2.21. The third-order valence-electron chi connectivity index (χ3n) is 2.92. The van der Waals surface area contributed by atoms with Crippen molar-refractivity contribution in [2.75, 3.05) is 17.7 Å². The molecule has 0 aliphatic rings. The smallest absolute Gasteiger partial charge is 0.282 e. The average Bonchev–Trinajstić information content (AvgIpc) is 2.73. The van der Waals surface area contributed by atoms with Gasteiger partial charge in [-0.1, -0.05) is 0 Å². The standard InChI is InChI=1S/C13H15F2N5OS/c1-7-9(10(11(14)15)20(2)19-7)18-13(22)17-8-5-4-6-16-12(8)21-3/h4-6,11H,1-3H3,(H2,17,18,22). The summed E-state index contributed by atoms with van der Waals surface area (Å²) in [6.07, 6.45) is -1.09. The van der Waals surface area contributed by atoms with Crippen LogP contribution in [0.15, 0.2) is 18.3 Å². The van der Waals surface area contributed by atoms with E-state index in [9.17, 15) is 8.78 Å². The summed E-state index contributed by atoms with van der Waals surface area (Å²) >= 11 is 5.15. The Bertz CT molecular complexity index is 689. The Morgan fingerprint density at radius 1 is 1.41 bits per heavy atom. The molecule has 0 aliphatic carbocycles. The number of pyridine rings is 1. The van der Waals surface area contributed by atoms with Crippen LogP contribution < -0.4 is 15.4 Å². The van der Waals surface area contributed by atoms with Crippen LogP contribution in [0.4, 0.5) is 20.2 Å². The molecule has 0 saturated heterocycles. The maximum absolute atomic E-state index is 13.1. The molecule has 6 nitrogen and oxygen atoms in total. The molecule has 2 heterocycles. The van der Waals surface area contributed by atoms with Gasteiger partial charge >= 0.3 is 0 Å². The summed E-state index contributed by atoms with van der Waals surface area (Å²) in [5, 5.41) is 9.74. The number of hydrogen-bond acceptors (Lipinski definition) is 4. The summed E-state index contributed by atoms with van der Waals surface area (Å²) in [4.78, 5) is 4.02. The maximum atomic E-state index is 13.1. The lowest BCUT2D eigenvalue weighted by atomic mass is 10.3. The number of aryl methyl sites for hydroxylation is 2. The number of aromatic nitrogens is 3. The molecule has 0 bridgehead atoms. The van der Waals surface area contributed by atoms with Crippen LogP contribution in [0.3, 0.4) is 0 Å². The van der Waals surface area contributed by atoms with Crippen molar-refractivity contribution in [2.45, 2.75) is 13.3 Å². The van der Waals surface area contributed by atoms with Gasteiger partial charge < -0.3 is 15.4 Å². The molecular weight excluding hydrogens is 312 g/mol. The van der Waals surface area contributed by atoms with E-state index in [0.29, 0.717) is 17.3 Å². The van der Waals surface area contributed by atoms with E-state index in [-0.39, 0.29) is 16.5 Å². The normalized spacial score (nSPS) is 10.6. The third-order valence-corrected chi connectivity index (χ3v) is 3.13. The van der Waals surface area contributed by atoms with Crippen LogP contribution in [-0.4, -0.2) is 27.0 Å². The SMILES string of the molecule is COc1ncccc1NC(=S)Nc1c(C)nn(C)c1C(F)F. The lowest BCUT2D eigenvalue weighted by Gasteiger charge is -2.13. The van der Waals surface area contributed by atoms with Gasteiger partial charge in [0.25, 0.3) is 6.43 Å². The molecule has 0 fully saturated rings. The molecule has 118 valence electrons. The van der Waals surface area contributed by atoms with Gasteiger partial charge in [0, 0.05) is 13.2 Å². The minimum atomic E-state index is -2.66. The van der Waals surface area contributed by atoms with Crippen molar-refractivity contribution >= 4 is 28.7 Å². The molecule has 0 saturated carbocycles. The first-order valence-corrected chi connectivity index (χ1v) is 6.73. The van der Waals surface area contributed by atoms with E-state index in [1.807, 2.05) is 0 Å². The Morgan fingerprint density at radius 3 is 2.77 bits per heavy atom. The number of thiocarbonyl (C=S) groups is 1. The minimum Gasteiger partial charge on any atom is -0.480 e. The van der Waals surface area contributed by atoms with Gasteiger partial charge in [0.2, 0.25) is 5.88 Å². The van der Waals surface area contributed by atoms with E-state index in [1.165, 1.54) is 14.2 Å². The number of nitrogens with zero attached hydrogens (tertiary/aromatic N) is 3. The monoisotopic (exact) mass is 327 g/mol. The van der Waals surface area contributed by atoms with E-state index < -0.39 is 6.43 Å². The van der Waals surface area contributed by atoms with Gasteiger partial charge in [-0.2, -0.15) is 5.10 Å². The van der Waals surface area contributed by atoms with Crippen LogP contribution >= 0.6 is 12.2 Å². The highest BCUT2D eigenvalue weighted by Gasteiger charge is 2.22. The van der Waals surface area contributed by atoms with Crippen molar-refractivity contribution in [3.8, 4) is 5.88 Å². The first kappa shape index (κ1) is 16.1. The van der Waals surface area contributed by atoms with Crippen LogP contribution in [0, 0.1) is 6.92 Å². The van der Waals surface area contributed by atoms with E-state index in [1.54, 1.807) is 25.3 Å². The first-order valence-electron chi connectivity index (χ1n) is 6.32. The summed E-state index contributed by atoms with van der Waals surface area (Å²) in [5.74, 6) is 0.351. The zero-order valence-electron chi connectivity index (χ0n) is 12.2. The number of halogens is 2. The zero-order valence-corrected chi connectivity index (χ0v) is 13.0. The quantitative estimate of drug-likeness (QED) is 0.842. The van der Waals surface area contributed by atoms with E-state index in [4.69, 9.17) is 17.0 Å². The van der Waals surface area contributed by atoms with Gasteiger partial charge in [0.15, 0.2) is 5.11 Å². The Morgan fingerprint density at radius 2 is 2.14 bits per heavy atom. The van der Waals surface area contributed by atoms with Gasteiger partial charge in [-0.25, -0.2) is 13.8 Å². The van der Waals surface area contributed by atoms with Crippen LogP contribution in [-0.2, 0) is 7.05 Å². The first-order chi connectivity index (χ1) is 10.4. The molecule has 2 N–H and O–H groups in total. The van der Waals surface area contributed by atoms with Gasteiger partial charge in [-0.15, -0.1) is 0 Å². The third kappa shape index (κ3) is 3.30. The van der Waals surface area contributed by atoms with Gasteiger partial charge in [0.1, 0.15) is 11.4 Å². The number of rotatable bonds is 4. The fourth-order valence-corrected chi connectivity index (χ4v) is 2.21. The molecule has 0 amide bonds. The van der Waals surface area contributed by atoms with Crippen molar-refractivity contribution in [3.63, 3.8) is 0 Å². The van der Waals surface area contributed by atoms with E-state index >= 15 is 0 Å². The van der Waals surface area contributed by atoms with Crippen LogP contribution in [0.5, 0.6) is 5.88 Å². The van der Waals surface area contributed by atoms with Crippen molar-refractivity contribution in [3.05, 3.63) is 29.7 Å². The predicted molar refractivity (Wildman–Crippen MR) is 83.5 cm³/mol. The molecule has 0 spiro atoms. The number of anilines is 2. The lowest BCUT2D eigenvalue weighted by molar-refractivity contribution is 0.141. The molecule has 0 radical (unpaired) electrons. The molecular formula is C13H15F2N5OS. The van der Waals surface area contributed by atoms with Gasteiger partial charge in [-0.05, 0) is 31.3 Å². The number of alkyl halides is 2. The topological polar surface area (TPSA) is 64.0 Å². The number of ether oxygens (including phenoxy) is 1. The summed E-state index contributed by atoms with van der Waals surface area (Å²) in [6.45, 7) is 1.63. The van der Waals surface area contributed by atoms with Crippen molar-refractivity contribution in [2.24, 2.45) is 7.05 Å². The second kappa shape index (κ2) is 6.65. The highest BCUT2D eigenvalue weighted by molar-refractivity contribution is 7.80. The summed E-state index contributed by atoms with van der Waals surface area (Å²) < 4.78 is 32.4. The molecule has 9 heteroatoms. The maximum Gasteiger partial charge on any atom is 0.282 e. The molecule has 22 heavy (non-hydrogen) atoms. The second-order valence-electron chi connectivity index (χ2n) is 4.41. The Hall–Kier alpha value is -2.29. The van der Waals surface area contributed by atoms with Crippen molar-refractivity contribution < 1.29 is 13.5 Å². The highest BCUT2D eigenvalue weighted by Crippen LogP contribution is 2.29. The minimum absolute atomic E-state index is 0.143. The molecule has 2 aromatic heterocycles. The molecule has 0 aromatic carbocycles. The Balaban J connectivity index is 2.20. The van der Waals surface area contributed by atoms with Gasteiger partial charge in [0.05, 0.1) is 18.5 Å². The number of hydrogen-bond donors (Lipinski definition) is 2. The summed E-state index contributed by atoms with van der Waals surface area (Å²) in [5.41, 5.74) is 0.931. The van der Waals surface area contributed by atoms with E-state index in [2.05, 4.69) is 20.7 Å². The summed E-state index contributed by atoms with van der Waals surface area (Å²) in [6, 6.07) is 3.41. The zero-order chi connectivity index (χ0) is 16.3. The second-order valence-corrected chi connectivity index (χ2v) is 4.82. The molecule has 2 rings (SSSR count). The van der Waals surface area contributed by atoms with Crippen LogP contribution in [0.2, 0.25) is 0 Å². The molecule has 2 aromatic rings. The molecule has 0 unspecified atom stereocenters. The highest BCUT2D eigenvalue weighted by atomic mass is 32.1. The Labute approximate surface area is 131 Å². The van der Waals surface area contributed by atoms with E-state index in [0.717, 1.165) is 4.68 Å². The van der Waals surface area contributed by atoms with Gasteiger partial charge in [-0.3, -0.25) is 4.68 Å². The average molecular weight is 327 g/mol. The summed E-state index contributed by atoms with van der Waals surface area (Å²) in [7, 11) is 2.93. The number of methoxy groups -OCH3 is 1. The van der Waals surface area contributed by atoms with Crippen molar-refractivity contribution in [1.29, 1.82) is 0 Å². The van der Waals surface area contributed by atoms with Crippen LogP contribution in [0.1, 0.15) is 17.8 Å².